The number of ether oxygens (including phenoxy) is 1. The molecule has 1 fully saturated rings. The second kappa shape index (κ2) is 16.0. The average Bonchev–Trinajstić information content (AvgIpc) is 3.65. The Morgan fingerprint density at radius 3 is 1.93 bits per heavy atom. The number of carboxylic acid groups (broad SMARTS) is 1. The third-order valence-corrected chi connectivity index (χ3v) is 12.6. The minimum Gasteiger partial charge on any atom is -0.507 e. The molecule has 1 aromatic carbocycles. The van der Waals surface area contributed by atoms with Gasteiger partial charge in [-0.3, -0.25) is 4.79 Å². The number of phenols is 1. The molecule has 0 unspecified atom stereocenters. The molecular formula is C34H58O4S2. The summed E-state index contributed by atoms with van der Waals surface area (Å²) >= 11 is 0. The van der Waals surface area contributed by atoms with Crippen molar-refractivity contribution < 1.29 is 19.7 Å². The van der Waals surface area contributed by atoms with Gasteiger partial charge in [-0.1, -0.05) is 101 Å². The number of carbonyl (C=O) groups is 1. The summed E-state index contributed by atoms with van der Waals surface area (Å²) < 4.78 is 6.65. The second-order valence-electron chi connectivity index (χ2n) is 13.4. The van der Waals surface area contributed by atoms with E-state index in [1.165, 1.54) is 56.9 Å². The van der Waals surface area contributed by atoms with E-state index in [0.29, 0.717) is 12.2 Å². The van der Waals surface area contributed by atoms with Crippen LogP contribution in [0.1, 0.15) is 141 Å². The van der Waals surface area contributed by atoms with E-state index in [1.54, 1.807) is 21.6 Å². The molecule has 2 N–H and O–H groups in total. The lowest BCUT2D eigenvalue weighted by Crippen LogP contribution is -2.37. The maximum absolute atomic E-state index is 10.4. The average molecular weight is 595 g/mol. The maximum Gasteiger partial charge on any atom is 0.305 e. The normalized spacial score (nSPS) is 20.6. The van der Waals surface area contributed by atoms with Crippen molar-refractivity contribution in [2.45, 2.75) is 155 Å². The van der Waals surface area contributed by atoms with E-state index in [1.807, 2.05) is 20.8 Å². The van der Waals surface area contributed by atoms with Crippen LogP contribution < -0.4 is 4.74 Å². The topological polar surface area (TPSA) is 66.8 Å². The molecule has 6 heteroatoms. The van der Waals surface area contributed by atoms with E-state index in [4.69, 9.17) is 9.84 Å². The van der Waals surface area contributed by atoms with Gasteiger partial charge in [0.15, 0.2) is 0 Å². The first-order chi connectivity index (χ1) is 18.7. The molecule has 2 heterocycles. The predicted octanol–water partition coefficient (Wildman–Crippen LogP) is 10.8. The number of hydrogen-bond donors (Lipinski definition) is 2. The summed E-state index contributed by atoms with van der Waals surface area (Å²) in [7, 11) is 3.36. The molecule has 3 rings (SSSR count). The van der Waals surface area contributed by atoms with Gasteiger partial charge in [0.2, 0.25) is 0 Å². The van der Waals surface area contributed by atoms with Gasteiger partial charge in [0.1, 0.15) is 17.1 Å². The third kappa shape index (κ3) is 11.0. The fourth-order valence-electron chi connectivity index (χ4n) is 5.86. The van der Waals surface area contributed by atoms with Crippen LogP contribution in [0.15, 0.2) is 0 Å². The van der Waals surface area contributed by atoms with Crippen molar-refractivity contribution >= 4 is 27.6 Å². The zero-order valence-electron chi connectivity index (χ0n) is 27.0. The number of carboxylic acids is 1. The molecule has 0 aliphatic carbocycles. The van der Waals surface area contributed by atoms with Crippen LogP contribution >= 0.6 is 21.6 Å². The summed E-state index contributed by atoms with van der Waals surface area (Å²) in [4.78, 5) is 10.2. The summed E-state index contributed by atoms with van der Waals surface area (Å²) in [5, 5.41) is 18.8. The highest BCUT2D eigenvalue weighted by Crippen LogP contribution is 2.68. The minimum atomic E-state index is -0.686. The van der Waals surface area contributed by atoms with Gasteiger partial charge < -0.3 is 14.9 Å². The Labute approximate surface area is 253 Å². The van der Waals surface area contributed by atoms with Crippen LogP contribution in [0.2, 0.25) is 0 Å². The molecule has 0 amide bonds. The minimum absolute atomic E-state index is 0.0475. The van der Waals surface area contributed by atoms with Gasteiger partial charge in [0.25, 0.3) is 0 Å². The van der Waals surface area contributed by atoms with Gasteiger partial charge in [0.05, 0.1) is 10.5 Å². The predicted molar refractivity (Wildman–Crippen MR) is 175 cm³/mol. The van der Waals surface area contributed by atoms with Crippen molar-refractivity contribution in [2.75, 3.05) is 0 Å². The molecule has 0 saturated carbocycles. The highest BCUT2D eigenvalue weighted by Gasteiger charge is 2.46. The van der Waals surface area contributed by atoms with E-state index in [0.717, 1.165) is 65.9 Å². The molecule has 2 aliphatic heterocycles. The molecule has 0 bridgehead atoms. The lowest BCUT2D eigenvalue weighted by molar-refractivity contribution is -0.137. The van der Waals surface area contributed by atoms with E-state index < -0.39 is 5.97 Å². The van der Waals surface area contributed by atoms with Gasteiger partial charge in [-0.05, 0) is 94.2 Å². The Balaban J connectivity index is 0.000000526. The molecule has 0 aromatic heterocycles. The van der Waals surface area contributed by atoms with Crippen molar-refractivity contribution in [2.24, 2.45) is 17.8 Å². The van der Waals surface area contributed by atoms with Gasteiger partial charge in [-0.25, -0.2) is 0 Å². The maximum atomic E-state index is 10.4. The zero-order chi connectivity index (χ0) is 30.1. The molecule has 1 aromatic rings. The lowest BCUT2D eigenvalue weighted by Gasteiger charge is -2.38. The first-order valence-electron chi connectivity index (χ1n) is 15.8. The molecule has 0 spiro atoms. The van der Waals surface area contributed by atoms with Crippen LogP contribution in [0.25, 0.3) is 0 Å². The molecule has 0 radical (unpaired) electrons. The Hall–Kier alpha value is -1.01. The number of aromatic hydroxyl groups is 1. The van der Waals surface area contributed by atoms with Gasteiger partial charge in [0, 0.05) is 5.56 Å². The fraction of sp³-hybridized carbons (Fsp3) is 0.794. The van der Waals surface area contributed by atoms with Crippen LogP contribution in [-0.2, 0) is 11.2 Å². The van der Waals surface area contributed by atoms with Crippen molar-refractivity contribution in [1.82, 2.24) is 0 Å². The monoisotopic (exact) mass is 594 g/mol. The van der Waals surface area contributed by atoms with E-state index in [2.05, 4.69) is 41.5 Å². The smallest absolute Gasteiger partial charge is 0.305 e. The summed E-state index contributed by atoms with van der Waals surface area (Å²) in [6, 6.07) is 0. The van der Waals surface area contributed by atoms with Gasteiger partial charge in [-0.2, -0.15) is 0 Å². The van der Waals surface area contributed by atoms with Crippen molar-refractivity contribution in [3.63, 3.8) is 0 Å². The fourth-order valence-corrected chi connectivity index (χ4v) is 8.00. The third-order valence-electron chi connectivity index (χ3n) is 9.15. The summed E-state index contributed by atoms with van der Waals surface area (Å²) in [6.45, 7) is 20.0. The summed E-state index contributed by atoms with van der Waals surface area (Å²) in [5.41, 5.74) is 4.23. The Kier molecular flexibility index (Phi) is 14.1. The summed E-state index contributed by atoms with van der Waals surface area (Å²) in [5.74, 6) is 3.35. The highest BCUT2D eigenvalue weighted by molar-refractivity contribution is 8.93. The molecule has 230 valence electrons. The van der Waals surface area contributed by atoms with Gasteiger partial charge >= 0.3 is 5.97 Å². The second-order valence-corrected chi connectivity index (χ2v) is 16.6. The van der Waals surface area contributed by atoms with Crippen molar-refractivity contribution in [3.05, 3.63) is 22.3 Å². The number of rotatable bonds is 15. The van der Waals surface area contributed by atoms with Crippen LogP contribution in [0, 0.1) is 38.5 Å². The number of benzene rings is 1. The Bertz CT molecular complexity index is 956. The van der Waals surface area contributed by atoms with Crippen LogP contribution in [0.4, 0.5) is 0 Å². The largest absolute Gasteiger partial charge is 0.507 e. The molecule has 3 atom stereocenters. The quantitative estimate of drug-likeness (QED) is 0.155. The van der Waals surface area contributed by atoms with E-state index in [9.17, 15) is 9.90 Å². The molecule has 2 aliphatic rings. The van der Waals surface area contributed by atoms with Crippen molar-refractivity contribution in [3.8, 4) is 11.5 Å². The van der Waals surface area contributed by atoms with Gasteiger partial charge in [-0.15, -0.1) is 0 Å². The number of phenolic OH excluding ortho intramolecular Hbond substituents is 1. The molecular weight excluding hydrogens is 537 g/mol. The first-order valence-corrected chi connectivity index (χ1v) is 18.0. The molecule has 4 nitrogen and oxygen atoms in total. The number of aliphatic carboxylic acids is 1. The highest BCUT2D eigenvalue weighted by atomic mass is 33.2. The Morgan fingerprint density at radius 1 is 0.900 bits per heavy atom. The molecule has 1 saturated heterocycles. The standard InChI is InChI=1S/C29H50O2.C5H8O2S2/c1-20(2)12-9-13-21(3)14-10-15-22(4)16-11-18-29(8)19-17-26-25(7)27(30)23(5)24(6)28(26)31-29;1-2-5(8-9-5)3-4(6)7/h20-22,30H,9-19H2,1-8H3;2-3H2,1H3,(H,6,7)/t21-,22-,29-;/m1./s1. The first kappa shape index (κ1) is 35.2. The SMILES string of the molecule is CCC1(CC(=O)O)SS1.Cc1c(C)c2c(c(C)c1O)CC[C@@](C)(CCC[C@H](C)CCC[C@H](C)CCCC(C)C)O2. The zero-order valence-corrected chi connectivity index (χ0v) is 28.6. The Morgan fingerprint density at radius 2 is 1.45 bits per heavy atom. The van der Waals surface area contributed by atoms with E-state index >= 15 is 0 Å². The van der Waals surface area contributed by atoms with Crippen LogP contribution in [0.5, 0.6) is 11.5 Å². The number of fused-ring (bicyclic) bond motifs is 1. The number of hydrogen-bond acceptors (Lipinski definition) is 5. The summed E-state index contributed by atoms with van der Waals surface area (Å²) in [6.07, 6.45) is 15.3. The lowest BCUT2D eigenvalue weighted by atomic mass is 9.84. The van der Waals surface area contributed by atoms with E-state index in [-0.39, 0.29) is 9.68 Å². The molecule has 40 heavy (non-hydrogen) atoms. The van der Waals surface area contributed by atoms with Crippen molar-refractivity contribution in [1.29, 1.82) is 0 Å². The van der Waals surface area contributed by atoms with Crippen LogP contribution in [0.3, 0.4) is 0 Å². The van der Waals surface area contributed by atoms with Crippen LogP contribution in [-0.4, -0.2) is 25.9 Å².